The molecule has 0 radical (unpaired) electrons. The summed E-state index contributed by atoms with van der Waals surface area (Å²) >= 11 is 0. The molecule has 17 heavy (non-hydrogen) atoms. The molecule has 5 heteroatoms. The molecule has 0 aliphatic carbocycles. The summed E-state index contributed by atoms with van der Waals surface area (Å²) in [7, 11) is 0. The molecule has 1 aromatic carbocycles. The molecule has 1 saturated heterocycles. The molecule has 0 spiro atoms. The van der Waals surface area contributed by atoms with Gasteiger partial charge in [0.2, 0.25) is 0 Å². The van der Waals surface area contributed by atoms with E-state index in [0.29, 0.717) is 18.4 Å². The second kappa shape index (κ2) is 5.14. The highest BCUT2D eigenvalue weighted by Crippen LogP contribution is 2.24. The first-order valence-electron chi connectivity index (χ1n) is 5.78. The van der Waals surface area contributed by atoms with Gasteiger partial charge in [0, 0.05) is 12.1 Å². The molecule has 5 nitrogen and oxygen atoms in total. The van der Waals surface area contributed by atoms with Crippen LogP contribution in [-0.4, -0.2) is 24.1 Å². The lowest BCUT2D eigenvalue weighted by molar-refractivity contribution is -0.384. The highest BCUT2D eigenvalue weighted by atomic mass is 16.6. The molecular weight excluding hydrogens is 220 g/mol. The fourth-order valence-electron chi connectivity index (χ4n) is 1.95. The van der Waals surface area contributed by atoms with Gasteiger partial charge in [-0.25, -0.2) is 0 Å². The zero-order valence-corrected chi connectivity index (χ0v) is 9.81. The lowest BCUT2D eigenvalue weighted by atomic mass is 10.2. The number of hydrogen-bond acceptors (Lipinski definition) is 4. The van der Waals surface area contributed by atoms with E-state index in [1.807, 2.05) is 6.92 Å². The van der Waals surface area contributed by atoms with Crippen molar-refractivity contribution < 1.29 is 9.66 Å². The topological polar surface area (TPSA) is 64.4 Å². The number of nitrogens with zero attached hydrogens (tertiary/aromatic N) is 1. The lowest BCUT2D eigenvalue weighted by Crippen LogP contribution is -2.28. The van der Waals surface area contributed by atoms with E-state index < -0.39 is 4.92 Å². The minimum absolute atomic E-state index is 0.0741. The number of nitro benzene ring substituents is 1. The van der Waals surface area contributed by atoms with Gasteiger partial charge in [0.05, 0.1) is 11.0 Å². The summed E-state index contributed by atoms with van der Waals surface area (Å²) in [5, 5.41) is 14.0. The van der Waals surface area contributed by atoms with Crippen LogP contribution in [0, 0.1) is 17.0 Å². The molecule has 0 amide bonds. The Balaban J connectivity index is 2.03. The summed E-state index contributed by atoms with van der Waals surface area (Å²) in [5.74, 6) is 0.605. The second-order valence-corrected chi connectivity index (χ2v) is 4.31. The molecule has 1 aliphatic heterocycles. The van der Waals surface area contributed by atoms with E-state index in [9.17, 15) is 10.1 Å². The lowest BCUT2D eigenvalue weighted by Gasteiger charge is -2.13. The number of ether oxygens (including phenoxy) is 1. The van der Waals surface area contributed by atoms with E-state index in [4.69, 9.17) is 4.74 Å². The van der Waals surface area contributed by atoms with Crippen molar-refractivity contribution in [2.75, 3.05) is 13.2 Å². The zero-order chi connectivity index (χ0) is 12.3. The van der Waals surface area contributed by atoms with E-state index in [-0.39, 0.29) is 5.69 Å². The Morgan fingerprint density at radius 3 is 3.06 bits per heavy atom. The fraction of sp³-hybridized carbons (Fsp3) is 0.500. The molecule has 0 bridgehead atoms. The first-order valence-corrected chi connectivity index (χ1v) is 5.78. The van der Waals surface area contributed by atoms with Gasteiger partial charge in [-0.05, 0) is 37.9 Å². The number of hydrogen-bond donors (Lipinski definition) is 1. The quantitative estimate of drug-likeness (QED) is 0.641. The number of benzene rings is 1. The standard InChI is InChI=1S/C12H16N2O3/c1-9-4-5-11(14(15)16)7-12(9)17-8-10-3-2-6-13-10/h4-5,7,10,13H,2-3,6,8H2,1H3. The van der Waals surface area contributed by atoms with E-state index in [0.717, 1.165) is 18.5 Å². The largest absolute Gasteiger partial charge is 0.491 e. The Morgan fingerprint density at radius 2 is 2.41 bits per heavy atom. The number of non-ortho nitro benzene ring substituents is 1. The normalized spacial score (nSPS) is 19.2. The molecule has 0 aromatic heterocycles. The van der Waals surface area contributed by atoms with Crippen LogP contribution in [0.1, 0.15) is 18.4 Å². The summed E-state index contributed by atoms with van der Waals surface area (Å²) in [4.78, 5) is 10.3. The maximum atomic E-state index is 10.7. The van der Waals surface area contributed by atoms with E-state index in [2.05, 4.69) is 5.32 Å². The predicted octanol–water partition coefficient (Wildman–Crippen LogP) is 2.03. The molecule has 1 heterocycles. The maximum Gasteiger partial charge on any atom is 0.273 e. The van der Waals surface area contributed by atoms with Crippen LogP contribution in [0.2, 0.25) is 0 Å². The van der Waals surface area contributed by atoms with E-state index in [1.165, 1.54) is 18.6 Å². The minimum atomic E-state index is -0.403. The van der Waals surface area contributed by atoms with Crippen molar-refractivity contribution in [2.45, 2.75) is 25.8 Å². The molecule has 1 aliphatic rings. The summed E-state index contributed by atoms with van der Waals surface area (Å²) in [6, 6.07) is 5.07. The molecular formula is C12H16N2O3. The van der Waals surface area contributed by atoms with Crippen LogP contribution >= 0.6 is 0 Å². The van der Waals surface area contributed by atoms with Crippen LogP contribution in [0.15, 0.2) is 18.2 Å². The van der Waals surface area contributed by atoms with Gasteiger partial charge in [0.1, 0.15) is 12.4 Å². The zero-order valence-electron chi connectivity index (χ0n) is 9.81. The summed E-state index contributed by atoms with van der Waals surface area (Å²) < 4.78 is 5.64. The van der Waals surface area contributed by atoms with Gasteiger partial charge in [-0.3, -0.25) is 10.1 Å². The molecule has 1 atom stereocenters. The number of nitro groups is 1. The van der Waals surface area contributed by atoms with E-state index in [1.54, 1.807) is 6.07 Å². The van der Waals surface area contributed by atoms with Crippen molar-refractivity contribution in [3.63, 3.8) is 0 Å². The first kappa shape index (κ1) is 11.9. The predicted molar refractivity (Wildman–Crippen MR) is 64.4 cm³/mol. The number of nitrogens with one attached hydrogen (secondary N) is 1. The van der Waals surface area contributed by atoms with Crippen LogP contribution in [0.25, 0.3) is 0 Å². The van der Waals surface area contributed by atoms with Crippen LogP contribution in [-0.2, 0) is 0 Å². The third kappa shape index (κ3) is 2.94. The van der Waals surface area contributed by atoms with Crippen LogP contribution in [0.5, 0.6) is 5.75 Å². The van der Waals surface area contributed by atoms with Gasteiger partial charge >= 0.3 is 0 Å². The van der Waals surface area contributed by atoms with Crippen molar-refractivity contribution >= 4 is 5.69 Å². The third-order valence-electron chi connectivity index (χ3n) is 2.98. The minimum Gasteiger partial charge on any atom is -0.491 e. The number of rotatable bonds is 4. The molecule has 1 aromatic rings. The molecule has 92 valence electrons. The van der Waals surface area contributed by atoms with Gasteiger partial charge < -0.3 is 10.1 Å². The highest BCUT2D eigenvalue weighted by Gasteiger charge is 2.16. The van der Waals surface area contributed by atoms with Crippen molar-refractivity contribution in [1.82, 2.24) is 5.32 Å². The van der Waals surface area contributed by atoms with Crippen molar-refractivity contribution in [3.8, 4) is 5.75 Å². The van der Waals surface area contributed by atoms with Gasteiger partial charge in [-0.2, -0.15) is 0 Å². The van der Waals surface area contributed by atoms with Gasteiger partial charge in [0.25, 0.3) is 5.69 Å². The average molecular weight is 236 g/mol. The summed E-state index contributed by atoms with van der Waals surface area (Å²) in [6.07, 6.45) is 2.27. The molecule has 1 unspecified atom stereocenters. The Hall–Kier alpha value is -1.62. The summed E-state index contributed by atoms with van der Waals surface area (Å²) in [6.45, 7) is 3.49. The average Bonchev–Trinajstić information content (AvgIpc) is 2.80. The van der Waals surface area contributed by atoms with E-state index >= 15 is 0 Å². The Morgan fingerprint density at radius 1 is 1.59 bits per heavy atom. The van der Waals surface area contributed by atoms with Crippen molar-refractivity contribution in [3.05, 3.63) is 33.9 Å². The molecule has 2 rings (SSSR count). The Bertz CT molecular complexity index is 414. The van der Waals surface area contributed by atoms with Crippen molar-refractivity contribution in [2.24, 2.45) is 0 Å². The van der Waals surface area contributed by atoms with Crippen LogP contribution < -0.4 is 10.1 Å². The smallest absolute Gasteiger partial charge is 0.273 e. The second-order valence-electron chi connectivity index (χ2n) is 4.31. The maximum absolute atomic E-state index is 10.7. The monoisotopic (exact) mass is 236 g/mol. The molecule has 1 N–H and O–H groups in total. The molecule has 1 fully saturated rings. The first-order chi connectivity index (χ1) is 8.16. The van der Waals surface area contributed by atoms with Crippen LogP contribution in [0.4, 0.5) is 5.69 Å². The number of aryl methyl sites for hydroxylation is 1. The third-order valence-corrected chi connectivity index (χ3v) is 2.98. The van der Waals surface area contributed by atoms with Gasteiger partial charge in [-0.1, -0.05) is 0 Å². The highest BCUT2D eigenvalue weighted by molar-refractivity contribution is 5.43. The Kier molecular flexibility index (Phi) is 3.58. The summed E-state index contributed by atoms with van der Waals surface area (Å²) in [5.41, 5.74) is 0.999. The molecule has 0 saturated carbocycles. The Labute approximate surface area is 99.9 Å². The van der Waals surface area contributed by atoms with Gasteiger partial charge in [0.15, 0.2) is 0 Å². The van der Waals surface area contributed by atoms with Gasteiger partial charge in [-0.15, -0.1) is 0 Å². The fourth-order valence-corrected chi connectivity index (χ4v) is 1.95. The SMILES string of the molecule is Cc1ccc([N+](=O)[O-])cc1OCC1CCCN1. The van der Waals surface area contributed by atoms with Crippen molar-refractivity contribution in [1.29, 1.82) is 0 Å². The van der Waals surface area contributed by atoms with Crippen LogP contribution in [0.3, 0.4) is 0 Å².